The first-order chi connectivity index (χ1) is 15.0. The quantitative estimate of drug-likeness (QED) is 0.561. The molecular formula is C22H22FN3O5. The second-order valence-electron chi connectivity index (χ2n) is 7.12. The molecule has 2 heterocycles. The number of anilines is 1. The first-order valence-electron chi connectivity index (χ1n) is 9.92. The molecule has 1 aliphatic heterocycles. The number of urea groups is 1. The number of aliphatic hydroxyl groups excluding tert-OH is 1. The summed E-state index contributed by atoms with van der Waals surface area (Å²) >= 11 is 0. The number of hydrogen-bond acceptors (Lipinski definition) is 5. The molecule has 0 saturated heterocycles. The van der Waals surface area contributed by atoms with Gasteiger partial charge in [0.1, 0.15) is 19.0 Å². The van der Waals surface area contributed by atoms with Crippen molar-refractivity contribution in [3.63, 3.8) is 0 Å². The number of carbonyl (C=O) groups is 1. The van der Waals surface area contributed by atoms with Gasteiger partial charge in [-0.15, -0.1) is 0 Å². The Labute approximate surface area is 177 Å². The Balaban J connectivity index is 1.61. The third-order valence-electron chi connectivity index (χ3n) is 4.93. The Kier molecular flexibility index (Phi) is 6.03. The summed E-state index contributed by atoms with van der Waals surface area (Å²) in [7, 11) is 0. The fourth-order valence-corrected chi connectivity index (χ4v) is 3.38. The molecule has 0 atom stereocenters. The number of aromatic nitrogens is 1. The second-order valence-corrected chi connectivity index (χ2v) is 7.12. The highest BCUT2D eigenvalue weighted by molar-refractivity contribution is 5.89. The number of nitrogens with one attached hydrogen (secondary N) is 2. The zero-order valence-corrected chi connectivity index (χ0v) is 16.7. The molecule has 3 N–H and O–H groups in total. The highest BCUT2D eigenvalue weighted by Crippen LogP contribution is 2.33. The van der Waals surface area contributed by atoms with E-state index in [9.17, 15) is 19.1 Å². The number of fused-ring (bicyclic) bond motifs is 2. The van der Waals surface area contributed by atoms with Gasteiger partial charge >= 0.3 is 6.03 Å². The fraction of sp³-hybridized carbons (Fsp3) is 0.273. The normalized spacial score (nSPS) is 12.6. The van der Waals surface area contributed by atoms with Gasteiger partial charge in [0.05, 0.1) is 17.7 Å². The Morgan fingerprint density at radius 2 is 1.90 bits per heavy atom. The largest absolute Gasteiger partial charge is 0.486 e. The lowest BCUT2D eigenvalue weighted by molar-refractivity contribution is 0.172. The van der Waals surface area contributed by atoms with Gasteiger partial charge in [-0.2, -0.15) is 0 Å². The van der Waals surface area contributed by atoms with E-state index in [0.717, 1.165) is 5.39 Å². The van der Waals surface area contributed by atoms with Crippen molar-refractivity contribution in [2.45, 2.75) is 13.0 Å². The molecule has 8 nitrogen and oxygen atoms in total. The molecule has 0 bridgehead atoms. The van der Waals surface area contributed by atoms with Gasteiger partial charge in [-0.1, -0.05) is 12.1 Å². The summed E-state index contributed by atoms with van der Waals surface area (Å²) in [5.74, 6) is 0.593. The van der Waals surface area contributed by atoms with Crippen LogP contribution in [0.4, 0.5) is 14.9 Å². The van der Waals surface area contributed by atoms with E-state index in [1.54, 1.807) is 24.3 Å². The molecule has 4 rings (SSSR count). The molecule has 31 heavy (non-hydrogen) atoms. The van der Waals surface area contributed by atoms with Gasteiger partial charge < -0.3 is 29.8 Å². The van der Waals surface area contributed by atoms with Gasteiger partial charge in [0, 0.05) is 30.2 Å². The predicted molar refractivity (Wildman–Crippen MR) is 113 cm³/mol. The molecule has 0 radical (unpaired) electrons. The summed E-state index contributed by atoms with van der Waals surface area (Å²) in [4.78, 5) is 29.6. The number of halogens is 1. The van der Waals surface area contributed by atoms with Gasteiger partial charge in [-0.05, 0) is 30.7 Å². The minimum atomic E-state index is -0.569. The van der Waals surface area contributed by atoms with Crippen molar-refractivity contribution in [3.05, 3.63) is 64.2 Å². The van der Waals surface area contributed by atoms with Crippen LogP contribution in [0.2, 0.25) is 0 Å². The molecule has 0 spiro atoms. The number of aliphatic hydroxyl groups is 1. The minimum absolute atomic E-state index is 0.0139. The van der Waals surface area contributed by atoms with E-state index in [4.69, 9.17) is 9.47 Å². The van der Waals surface area contributed by atoms with E-state index >= 15 is 0 Å². The summed E-state index contributed by atoms with van der Waals surface area (Å²) in [5.41, 5.74) is 0.635. The molecule has 162 valence electrons. The molecule has 9 heteroatoms. The lowest BCUT2D eigenvalue weighted by atomic mass is 10.1. The zero-order valence-electron chi connectivity index (χ0n) is 16.7. The van der Waals surface area contributed by atoms with Crippen LogP contribution < -0.4 is 20.3 Å². The monoisotopic (exact) mass is 427 g/mol. The van der Waals surface area contributed by atoms with Crippen molar-refractivity contribution >= 4 is 22.6 Å². The number of rotatable bonds is 6. The van der Waals surface area contributed by atoms with E-state index in [1.165, 1.54) is 23.1 Å². The van der Waals surface area contributed by atoms with Crippen LogP contribution in [0.1, 0.15) is 12.0 Å². The van der Waals surface area contributed by atoms with Gasteiger partial charge in [0.25, 0.3) is 5.56 Å². The molecule has 1 aliphatic rings. The van der Waals surface area contributed by atoms with Crippen molar-refractivity contribution < 1.29 is 23.8 Å². The average molecular weight is 427 g/mol. The van der Waals surface area contributed by atoms with Crippen LogP contribution in [-0.2, 0) is 6.54 Å². The van der Waals surface area contributed by atoms with Crippen LogP contribution in [0.25, 0.3) is 10.9 Å². The highest BCUT2D eigenvalue weighted by Gasteiger charge is 2.19. The second kappa shape index (κ2) is 9.05. The number of para-hydroxylation sites is 1. The van der Waals surface area contributed by atoms with Gasteiger partial charge in [-0.3, -0.25) is 4.79 Å². The smallest absolute Gasteiger partial charge is 0.322 e. The Morgan fingerprint density at radius 3 is 2.65 bits per heavy atom. The van der Waals surface area contributed by atoms with Crippen molar-refractivity contribution in [3.8, 4) is 11.5 Å². The number of carbonyl (C=O) groups excluding carboxylic acids is 1. The summed E-state index contributed by atoms with van der Waals surface area (Å²) < 4.78 is 25.1. The first kappa shape index (κ1) is 20.7. The molecule has 3 aromatic rings. The number of amides is 2. The van der Waals surface area contributed by atoms with Crippen molar-refractivity contribution in [2.75, 3.05) is 31.7 Å². The maximum absolute atomic E-state index is 13.9. The van der Waals surface area contributed by atoms with Gasteiger partial charge in [0.15, 0.2) is 11.5 Å². The Morgan fingerprint density at radius 1 is 1.16 bits per heavy atom. The lowest BCUT2D eigenvalue weighted by Crippen LogP contribution is -2.37. The standard InChI is InChI=1S/C22H22FN3O5/c23-16-4-1-2-5-17(16)25-22(29)26(6-3-7-27)13-15-10-14-11-19-20(31-9-8-30-19)12-18(14)24-21(15)28/h1-2,4-5,10-12,27H,3,6-9,13H2,(H,24,28)(H,25,29). The highest BCUT2D eigenvalue weighted by atomic mass is 19.1. The molecule has 2 amide bonds. The first-order valence-corrected chi connectivity index (χ1v) is 9.92. The third kappa shape index (κ3) is 4.61. The van der Waals surface area contributed by atoms with Gasteiger partial charge in [-0.25, -0.2) is 9.18 Å². The molecule has 0 unspecified atom stereocenters. The molecule has 0 aliphatic carbocycles. The van der Waals surface area contributed by atoms with Crippen LogP contribution >= 0.6 is 0 Å². The molecule has 2 aromatic carbocycles. The third-order valence-corrected chi connectivity index (χ3v) is 4.93. The fourth-order valence-electron chi connectivity index (χ4n) is 3.38. The minimum Gasteiger partial charge on any atom is -0.486 e. The zero-order chi connectivity index (χ0) is 21.8. The van der Waals surface area contributed by atoms with Crippen LogP contribution in [0, 0.1) is 5.82 Å². The van der Waals surface area contributed by atoms with E-state index in [-0.39, 0.29) is 30.9 Å². The van der Waals surface area contributed by atoms with Crippen LogP contribution in [0.15, 0.2) is 47.3 Å². The SMILES string of the molecule is O=C(Nc1ccccc1F)N(CCCO)Cc1cc2cc3c(cc2[nH]c1=O)OCCO3. The van der Waals surface area contributed by atoms with Crippen molar-refractivity contribution in [1.82, 2.24) is 9.88 Å². The molecular weight excluding hydrogens is 405 g/mol. The van der Waals surface area contributed by atoms with E-state index in [1.807, 2.05) is 0 Å². The number of nitrogens with zero attached hydrogens (tertiary/aromatic N) is 1. The molecule has 0 saturated carbocycles. The van der Waals surface area contributed by atoms with Crippen LogP contribution in [0.5, 0.6) is 11.5 Å². The number of hydrogen-bond donors (Lipinski definition) is 3. The summed E-state index contributed by atoms with van der Waals surface area (Å²) in [5, 5.41) is 12.4. The maximum Gasteiger partial charge on any atom is 0.322 e. The number of benzene rings is 2. The Hall–Kier alpha value is -3.59. The molecule has 1 aromatic heterocycles. The summed E-state index contributed by atoms with van der Waals surface area (Å²) in [6.45, 7) is 0.939. The summed E-state index contributed by atoms with van der Waals surface area (Å²) in [6.07, 6.45) is 0.314. The number of aromatic amines is 1. The average Bonchev–Trinajstić information content (AvgIpc) is 2.77. The molecule has 0 fully saturated rings. The van der Waals surface area contributed by atoms with Crippen molar-refractivity contribution in [2.24, 2.45) is 0 Å². The number of pyridine rings is 1. The van der Waals surface area contributed by atoms with E-state index in [0.29, 0.717) is 42.2 Å². The summed E-state index contributed by atoms with van der Waals surface area (Å²) in [6, 6.07) is 10.4. The van der Waals surface area contributed by atoms with Crippen LogP contribution in [0.3, 0.4) is 0 Å². The van der Waals surface area contributed by atoms with E-state index in [2.05, 4.69) is 10.3 Å². The Bertz CT molecular complexity index is 1160. The number of H-pyrrole nitrogens is 1. The predicted octanol–water partition coefficient (Wildman–Crippen LogP) is 2.85. The lowest BCUT2D eigenvalue weighted by Gasteiger charge is -2.23. The van der Waals surface area contributed by atoms with Gasteiger partial charge in [0.2, 0.25) is 0 Å². The number of ether oxygens (including phenoxy) is 2. The van der Waals surface area contributed by atoms with Crippen molar-refractivity contribution in [1.29, 1.82) is 0 Å². The van der Waals surface area contributed by atoms with E-state index < -0.39 is 11.8 Å². The maximum atomic E-state index is 13.9. The van der Waals surface area contributed by atoms with Crippen LogP contribution in [-0.4, -0.2) is 47.4 Å². The topological polar surface area (TPSA) is 104 Å².